The first kappa shape index (κ1) is 12.1. The molecule has 6 heteroatoms. The van der Waals surface area contributed by atoms with Crippen molar-refractivity contribution in [3.63, 3.8) is 0 Å². The highest BCUT2D eigenvalue weighted by atomic mass is 16.5. The van der Waals surface area contributed by atoms with Gasteiger partial charge in [0, 0.05) is 13.1 Å². The van der Waals surface area contributed by atoms with Crippen molar-refractivity contribution >= 4 is 0 Å². The fraction of sp³-hybridized carbons (Fsp3) is 0.385. The number of rotatable bonds is 4. The summed E-state index contributed by atoms with van der Waals surface area (Å²) in [6.07, 6.45) is -0.160. The SMILES string of the molecule is c1ccc(OCc2noc([C@@H]3CNCCO3)n2)cc1. The number of ether oxygens (including phenoxy) is 2. The summed E-state index contributed by atoms with van der Waals surface area (Å²) in [5, 5.41) is 7.10. The minimum absolute atomic E-state index is 0.160. The number of nitrogens with one attached hydrogen (secondary N) is 1. The zero-order chi connectivity index (χ0) is 12.9. The van der Waals surface area contributed by atoms with Crippen molar-refractivity contribution in [3.05, 3.63) is 42.0 Å². The number of aromatic nitrogens is 2. The van der Waals surface area contributed by atoms with Crippen LogP contribution in [0.2, 0.25) is 0 Å². The molecule has 1 aliphatic heterocycles. The minimum Gasteiger partial charge on any atom is -0.485 e. The van der Waals surface area contributed by atoms with Crippen LogP contribution >= 0.6 is 0 Å². The van der Waals surface area contributed by atoms with Crippen LogP contribution in [0.4, 0.5) is 0 Å². The van der Waals surface area contributed by atoms with Crippen LogP contribution in [0.1, 0.15) is 17.8 Å². The van der Waals surface area contributed by atoms with E-state index >= 15 is 0 Å². The number of benzene rings is 1. The molecule has 0 saturated carbocycles. The van der Waals surface area contributed by atoms with Gasteiger partial charge in [-0.1, -0.05) is 23.4 Å². The third-order valence-corrected chi connectivity index (χ3v) is 2.80. The van der Waals surface area contributed by atoms with Crippen LogP contribution in [0.25, 0.3) is 0 Å². The predicted molar refractivity (Wildman–Crippen MR) is 66.6 cm³/mol. The molecule has 1 fully saturated rings. The van der Waals surface area contributed by atoms with Crippen LogP contribution in [0.3, 0.4) is 0 Å². The molecule has 0 unspecified atom stereocenters. The molecule has 2 heterocycles. The molecule has 1 aromatic carbocycles. The summed E-state index contributed by atoms with van der Waals surface area (Å²) in [4.78, 5) is 4.28. The molecule has 1 aliphatic rings. The third kappa shape index (κ3) is 3.10. The Morgan fingerprint density at radius 3 is 3.00 bits per heavy atom. The molecule has 0 aliphatic carbocycles. The molecule has 3 rings (SSSR count). The van der Waals surface area contributed by atoms with E-state index in [2.05, 4.69) is 15.5 Å². The summed E-state index contributed by atoms with van der Waals surface area (Å²) in [5.41, 5.74) is 0. The Labute approximate surface area is 110 Å². The zero-order valence-electron chi connectivity index (χ0n) is 10.4. The number of hydrogen-bond acceptors (Lipinski definition) is 6. The largest absolute Gasteiger partial charge is 0.485 e. The van der Waals surface area contributed by atoms with E-state index in [0.29, 0.717) is 24.9 Å². The molecule has 2 aromatic rings. The van der Waals surface area contributed by atoms with Gasteiger partial charge in [0.2, 0.25) is 5.82 Å². The van der Waals surface area contributed by atoms with Gasteiger partial charge in [0.15, 0.2) is 6.61 Å². The molecule has 19 heavy (non-hydrogen) atoms. The molecule has 100 valence electrons. The molecule has 1 N–H and O–H groups in total. The van der Waals surface area contributed by atoms with Gasteiger partial charge in [-0.2, -0.15) is 4.98 Å². The Balaban J connectivity index is 1.58. The van der Waals surface area contributed by atoms with Crippen LogP contribution < -0.4 is 10.1 Å². The van der Waals surface area contributed by atoms with E-state index in [0.717, 1.165) is 12.3 Å². The molecular weight excluding hydrogens is 246 g/mol. The number of hydrogen-bond donors (Lipinski definition) is 1. The van der Waals surface area contributed by atoms with Gasteiger partial charge in [-0.05, 0) is 12.1 Å². The van der Waals surface area contributed by atoms with Crippen LogP contribution in [-0.2, 0) is 11.3 Å². The fourth-order valence-electron chi connectivity index (χ4n) is 1.85. The minimum atomic E-state index is -0.160. The van der Waals surface area contributed by atoms with E-state index in [1.807, 2.05) is 30.3 Å². The first-order valence-corrected chi connectivity index (χ1v) is 6.24. The highest BCUT2D eigenvalue weighted by Crippen LogP contribution is 2.17. The smallest absolute Gasteiger partial charge is 0.257 e. The van der Waals surface area contributed by atoms with Crippen LogP contribution in [0.5, 0.6) is 5.75 Å². The molecule has 1 saturated heterocycles. The lowest BCUT2D eigenvalue weighted by Gasteiger charge is -2.19. The Hall–Kier alpha value is -1.92. The summed E-state index contributed by atoms with van der Waals surface area (Å²) < 4.78 is 16.3. The van der Waals surface area contributed by atoms with Gasteiger partial charge in [0.1, 0.15) is 11.9 Å². The lowest BCUT2D eigenvalue weighted by molar-refractivity contribution is 0.00755. The van der Waals surface area contributed by atoms with E-state index in [-0.39, 0.29) is 12.7 Å². The Morgan fingerprint density at radius 1 is 1.32 bits per heavy atom. The maximum atomic E-state index is 5.55. The first-order chi connectivity index (χ1) is 9.42. The summed E-state index contributed by atoms with van der Waals surface area (Å²) in [7, 11) is 0. The van der Waals surface area contributed by atoms with Crippen molar-refractivity contribution in [2.24, 2.45) is 0 Å². The van der Waals surface area contributed by atoms with Crippen LogP contribution in [-0.4, -0.2) is 29.8 Å². The Bertz CT molecular complexity index is 509. The quantitative estimate of drug-likeness (QED) is 0.895. The van der Waals surface area contributed by atoms with Gasteiger partial charge in [-0.3, -0.25) is 0 Å². The second kappa shape index (κ2) is 5.81. The fourth-order valence-corrected chi connectivity index (χ4v) is 1.85. The monoisotopic (exact) mass is 261 g/mol. The molecule has 0 radical (unpaired) electrons. The van der Waals surface area contributed by atoms with Crippen molar-refractivity contribution in [3.8, 4) is 5.75 Å². The third-order valence-electron chi connectivity index (χ3n) is 2.80. The average molecular weight is 261 g/mol. The van der Waals surface area contributed by atoms with E-state index < -0.39 is 0 Å². The maximum Gasteiger partial charge on any atom is 0.257 e. The zero-order valence-corrected chi connectivity index (χ0v) is 10.4. The lowest BCUT2D eigenvalue weighted by Crippen LogP contribution is -2.33. The van der Waals surface area contributed by atoms with E-state index in [1.165, 1.54) is 0 Å². The van der Waals surface area contributed by atoms with E-state index in [9.17, 15) is 0 Å². The van der Waals surface area contributed by atoms with Crippen LogP contribution in [0, 0.1) is 0 Å². The highest BCUT2D eigenvalue weighted by Gasteiger charge is 2.22. The first-order valence-electron chi connectivity index (χ1n) is 6.24. The van der Waals surface area contributed by atoms with Gasteiger partial charge in [-0.25, -0.2) is 0 Å². The molecule has 0 amide bonds. The topological polar surface area (TPSA) is 69.4 Å². The number of nitrogens with zero attached hydrogens (tertiary/aromatic N) is 2. The molecular formula is C13H15N3O3. The van der Waals surface area contributed by atoms with E-state index in [4.69, 9.17) is 14.0 Å². The second-order valence-electron chi connectivity index (χ2n) is 4.21. The maximum absolute atomic E-state index is 5.55. The molecule has 0 spiro atoms. The van der Waals surface area contributed by atoms with Gasteiger partial charge >= 0.3 is 0 Å². The number of para-hydroxylation sites is 1. The Kier molecular flexibility index (Phi) is 3.71. The summed E-state index contributed by atoms with van der Waals surface area (Å²) >= 11 is 0. The average Bonchev–Trinajstić information content (AvgIpc) is 2.96. The number of morpholine rings is 1. The van der Waals surface area contributed by atoms with Gasteiger partial charge in [0.05, 0.1) is 6.61 Å². The normalized spacial score (nSPS) is 19.3. The molecule has 1 atom stereocenters. The molecule has 0 bridgehead atoms. The molecule has 1 aromatic heterocycles. The summed E-state index contributed by atoms with van der Waals surface area (Å²) in [6, 6.07) is 9.54. The van der Waals surface area contributed by atoms with E-state index in [1.54, 1.807) is 0 Å². The van der Waals surface area contributed by atoms with Crippen molar-refractivity contribution in [1.82, 2.24) is 15.5 Å². The van der Waals surface area contributed by atoms with Gasteiger partial charge in [-0.15, -0.1) is 0 Å². The molecule has 6 nitrogen and oxygen atoms in total. The Morgan fingerprint density at radius 2 is 2.21 bits per heavy atom. The van der Waals surface area contributed by atoms with Gasteiger partial charge in [0.25, 0.3) is 5.89 Å². The standard InChI is InChI=1S/C13H15N3O3/c1-2-4-10(5-3-1)18-9-12-15-13(19-16-12)11-8-14-6-7-17-11/h1-5,11,14H,6-9H2/t11-/m0/s1. The van der Waals surface area contributed by atoms with Crippen molar-refractivity contribution in [2.75, 3.05) is 19.7 Å². The van der Waals surface area contributed by atoms with Crippen molar-refractivity contribution in [1.29, 1.82) is 0 Å². The highest BCUT2D eigenvalue weighted by molar-refractivity contribution is 5.20. The predicted octanol–water partition coefficient (Wildman–Crippen LogP) is 1.31. The summed E-state index contributed by atoms with van der Waals surface area (Å²) in [5.74, 6) is 1.80. The lowest BCUT2D eigenvalue weighted by atomic mass is 10.3. The van der Waals surface area contributed by atoms with Crippen molar-refractivity contribution < 1.29 is 14.0 Å². The van der Waals surface area contributed by atoms with Crippen LogP contribution in [0.15, 0.2) is 34.9 Å². The van der Waals surface area contributed by atoms with Crippen molar-refractivity contribution in [2.45, 2.75) is 12.7 Å². The summed E-state index contributed by atoms with van der Waals surface area (Å²) in [6.45, 7) is 2.49. The van der Waals surface area contributed by atoms with Gasteiger partial charge < -0.3 is 19.3 Å². The second-order valence-corrected chi connectivity index (χ2v) is 4.21.